The van der Waals surface area contributed by atoms with Crippen molar-refractivity contribution < 1.29 is 0 Å². The number of hydrogen-bond acceptors (Lipinski definition) is 5. The summed E-state index contributed by atoms with van der Waals surface area (Å²) in [6, 6.07) is 20.6. The lowest BCUT2D eigenvalue weighted by molar-refractivity contribution is 0.806. The first-order chi connectivity index (χ1) is 11.7. The van der Waals surface area contributed by atoms with Gasteiger partial charge in [-0.05, 0) is 11.1 Å². The van der Waals surface area contributed by atoms with Crippen molar-refractivity contribution in [1.82, 2.24) is 15.2 Å². The zero-order valence-corrected chi connectivity index (χ0v) is 14.0. The summed E-state index contributed by atoms with van der Waals surface area (Å²) in [5, 5.41) is 8.28. The number of benzene rings is 2. The van der Waals surface area contributed by atoms with Gasteiger partial charge in [-0.15, -0.1) is 5.10 Å². The van der Waals surface area contributed by atoms with Crippen LogP contribution in [0.2, 0.25) is 0 Å². The minimum atomic E-state index is 0.622. The maximum Gasteiger partial charge on any atom is 0.247 e. The third-order valence-corrected chi connectivity index (χ3v) is 3.79. The van der Waals surface area contributed by atoms with Gasteiger partial charge >= 0.3 is 0 Å². The number of rotatable bonds is 6. The molecule has 5 heteroatoms. The van der Waals surface area contributed by atoms with Crippen LogP contribution in [0.1, 0.15) is 11.1 Å². The molecule has 0 spiro atoms. The van der Waals surface area contributed by atoms with Gasteiger partial charge in [0.25, 0.3) is 0 Å². The molecule has 1 heterocycles. The highest BCUT2D eigenvalue weighted by Crippen LogP contribution is 2.15. The summed E-state index contributed by atoms with van der Waals surface area (Å²) in [6.07, 6.45) is 1.70. The largest absolute Gasteiger partial charge is 0.354 e. The van der Waals surface area contributed by atoms with Crippen LogP contribution in [0.5, 0.6) is 0 Å². The van der Waals surface area contributed by atoms with E-state index >= 15 is 0 Å². The SMILES string of the molecule is CN(Cc1ccccc1)c1cnnc(N(C)Cc2ccccc2)n1. The molecular weight excluding hydrogens is 298 g/mol. The monoisotopic (exact) mass is 319 g/mol. The van der Waals surface area contributed by atoms with Crippen LogP contribution in [0, 0.1) is 0 Å². The summed E-state index contributed by atoms with van der Waals surface area (Å²) in [5.74, 6) is 1.43. The summed E-state index contributed by atoms with van der Waals surface area (Å²) in [4.78, 5) is 8.72. The standard InChI is InChI=1S/C19H21N5/c1-23(14-16-9-5-3-6-10-16)18-13-20-22-19(21-18)24(2)15-17-11-7-4-8-12-17/h3-13H,14-15H2,1-2H3. The van der Waals surface area contributed by atoms with Gasteiger partial charge in [-0.25, -0.2) is 0 Å². The molecule has 0 N–H and O–H groups in total. The van der Waals surface area contributed by atoms with E-state index in [1.807, 2.05) is 55.4 Å². The maximum absolute atomic E-state index is 4.64. The van der Waals surface area contributed by atoms with Crippen LogP contribution in [-0.2, 0) is 13.1 Å². The number of aromatic nitrogens is 3. The third kappa shape index (κ3) is 4.07. The first kappa shape index (κ1) is 15.9. The normalized spacial score (nSPS) is 10.4. The Kier molecular flexibility index (Phi) is 5.01. The molecule has 0 saturated carbocycles. The molecule has 1 aromatic heterocycles. The Hall–Kier alpha value is -2.95. The van der Waals surface area contributed by atoms with Gasteiger partial charge in [0.05, 0.1) is 6.20 Å². The van der Waals surface area contributed by atoms with Gasteiger partial charge in [0.15, 0.2) is 5.82 Å². The molecular formula is C19H21N5. The zero-order chi connectivity index (χ0) is 16.8. The second-order valence-electron chi connectivity index (χ2n) is 5.80. The highest BCUT2D eigenvalue weighted by atomic mass is 15.3. The van der Waals surface area contributed by atoms with Crippen molar-refractivity contribution in [2.45, 2.75) is 13.1 Å². The molecule has 0 radical (unpaired) electrons. The van der Waals surface area contributed by atoms with Crippen LogP contribution in [0.15, 0.2) is 66.9 Å². The van der Waals surface area contributed by atoms with Gasteiger partial charge in [0.1, 0.15) is 0 Å². The van der Waals surface area contributed by atoms with Crippen LogP contribution in [0.3, 0.4) is 0 Å². The minimum Gasteiger partial charge on any atom is -0.354 e. The molecule has 122 valence electrons. The number of anilines is 2. The summed E-state index contributed by atoms with van der Waals surface area (Å²) in [7, 11) is 3.99. The average molecular weight is 319 g/mol. The molecule has 0 fully saturated rings. The second kappa shape index (κ2) is 7.55. The topological polar surface area (TPSA) is 45.2 Å². The zero-order valence-electron chi connectivity index (χ0n) is 14.0. The average Bonchev–Trinajstić information content (AvgIpc) is 2.63. The van der Waals surface area contributed by atoms with E-state index in [4.69, 9.17) is 0 Å². The van der Waals surface area contributed by atoms with Crippen molar-refractivity contribution in [2.75, 3.05) is 23.9 Å². The molecule has 0 bridgehead atoms. The summed E-state index contributed by atoms with van der Waals surface area (Å²) >= 11 is 0. The molecule has 0 aliphatic rings. The van der Waals surface area contributed by atoms with Crippen molar-refractivity contribution in [1.29, 1.82) is 0 Å². The van der Waals surface area contributed by atoms with Crippen LogP contribution >= 0.6 is 0 Å². The van der Waals surface area contributed by atoms with Crippen LogP contribution < -0.4 is 9.80 Å². The molecule has 0 aliphatic heterocycles. The predicted octanol–water partition coefficient (Wildman–Crippen LogP) is 3.14. The smallest absolute Gasteiger partial charge is 0.247 e. The second-order valence-corrected chi connectivity index (χ2v) is 5.80. The quantitative estimate of drug-likeness (QED) is 0.698. The van der Waals surface area contributed by atoms with E-state index in [1.165, 1.54) is 11.1 Å². The van der Waals surface area contributed by atoms with Gasteiger partial charge in [-0.1, -0.05) is 60.7 Å². The van der Waals surface area contributed by atoms with Crippen LogP contribution in [0.4, 0.5) is 11.8 Å². The Balaban J connectivity index is 1.71. The molecule has 3 rings (SSSR count). The lowest BCUT2D eigenvalue weighted by Crippen LogP contribution is -2.23. The Bertz CT molecular complexity index is 698. The minimum absolute atomic E-state index is 0.622. The molecule has 2 aromatic carbocycles. The fourth-order valence-electron chi connectivity index (χ4n) is 2.50. The Morgan fingerprint density at radius 3 is 1.88 bits per heavy atom. The Morgan fingerprint density at radius 2 is 1.29 bits per heavy atom. The lowest BCUT2D eigenvalue weighted by atomic mass is 10.2. The molecule has 5 nitrogen and oxygen atoms in total. The van der Waals surface area contributed by atoms with Crippen LogP contribution in [0.25, 0.3) is 0 Å². The molecule has 0 unspecified atom stereocenters. The fourth-order valence-corrected chi connectivity index (χ4v) is 2.50. The molecule has 0 amide bonds. The lowest BCUT2D eigenvalue weighted by Gasteiger charge is -2.21. The van der Waals surface area contributed by atoms with Crippen molar-refractivity contribution in [2.24, 2.45) is 0 Å². The van der Waals surface area contributed by atoms with Gasteiger partial charge < -0.3 is 9.80 Å². The summed E-state index contributed by atoms with van der Waals surface area (Å²) in [5.41, 5.74) is 2.45. The highest BCUT2D eigenvalue weighted by molar-refractivity contribution is 5.41. The van der Waals surface area contributed by atoms with E-state index in [2.05, 4.69) is 44.3 Å². The van der Waals surface area contributed by atoms with Crippen molar-refractivity contribution >= 4 is 11.8 Å². The van der Waals surface area contributed by atoms with Crippen molar-refractivity contribution in [3.63, 3.8) is 0 Å². The third-order valence-electron chi connectivity index (χ3n) is 3.79. The Morgan fingerprint density at radius 1 is 0.750 bits per heavy atom. The van der Waals surface area contributed by atoms with Gasteiger partial charge in [0.2, 0.25) is 5.95 Å². The van der Waals surface area contributed by atoms with Gasteiger partial charge in [-0.3, -0.25) is 0 Å². The van der Waals surface area contributed by atoms with E-state index in [0.29, 0.717) is 5.95 Å². The molecule has 3 aromatic rings. The number of hydrogen-bond donors (Lipinski definition) is 0. The van der Waals surface area contributed by atoms with E-state index < -0.39 is 0 Å². The molecule has 0 atom stereocenters. The van der Waals surface area contributed by atoms with E-state index in [1.54, 1.807) is 6.20 Å². The van der Waals surface area contributed by atoms with Crippen LogP contribution in [-0.4, -0.2) is 29.3 Å². The van der Waals surface area contributed by atoms with E-state index in [9.17, 15) is 0 Å². The highest BCUT2D eigenvalue weighted by Gasteiger charge is 2.10. The first-order valence-electron chi connectivity index (χ1n) is 7.92. The number of nitrogens with zero attached hydrogens (tertiary/aromatic N) is 5. The van der Waals surface area contributed by atoms with Crippen molar-refractivity contribution in [3.05, 3.63) is 78.0 Å². The van der Waals surface area contributed by atoms with Gasteiger partial charge in [0, 0.05) is 27.2 Å². The summed E-state index contributed by atoms with van der Waals surface area (Å²) in [6.45, 7) is 1.52. The van der Waals surface area contributed by atoms with Gasteiger partial charge in [-0.2, -0.15) is 10.1 Å². The predicted molar refractivity (Wildman–Crippen MR) is 96.9 cm³/mol. The first-order valence-corrected chi connectivity index (χ1v) is 7.92. The summed E-state index contributed by atoms with van der Waals surface area (Å²) < 4.78 is 0. The fraction of sp³-hybridized carbons (Fsp3) is 0.211. The maximum atomic E-state index is 4.64. The van der Waals surface area contributed by atoms with E-state index in [-0.39, 0.29) is 0 Å². The van der Waals surface area contributed by atoms with Crippen molar-refractivity contribution in [3.8, 4) is 0 Å². The molecule has 24 heavy (non-hydrogen) atoms. The molecule has 0 saturated heterocycles. The Labute approximate surface area is 142 Å². The van der Waals surface area contributed by atoms with E-state index in [0.717, 1.165) is 18.9 Å². The molecule has 0 aliphatic carbocycles.